The van der Waals surface area contributed by atoms with Crippen molar-refractivity contribution in [3.8, 4) is 11.1 Å². The minimum atomic E-state index is -0.674. The van der Waals surface area contributed by atoms with Crippen molar-refractivity contribution in [3.63, 3.8) is 0 Å². The lowest BCUT2D eigenvalue weighted by Gasteiger charge is -2.38. The molecule has 2 saturated carbocycles. The van der Waals surface area contributed by atoms with Crippen LogP contribution in [0.4, 0.5) is 5.69 Å². The number of nitrogens with two attached hydrogens (primary N) is 1. The number of hydrogen-bond donors (Lipinski definition) is 3. The number of carbonyl (C=O) groups is 3. The van der Waals surface area contributed by atoms with E-state index in [9.17, 15) is 14.4 Å². The van der Waals surface area contributed by atoms with E-state index in [2.05, 4.69) is 59.2 Å². The van der Waals surface area contributed by atoms with Crippen LogP contribution in [0.15, 0.2) is 95.6 Å². The van der Waals surface area contributed by atoms with Gasteiger partial charge in [0, 0.05) is 30.1 Å². The highest BCUT2D eigenvalue weighted by atomic mass is 16.3. The first kappa shape index (κ1) is 33.8. The summed E-state index contributed by atoms with van der Waals surface area (Å²) in [5.74, 6) is 0.400. The number of anilines is 1. The van der Waals surface area contributed by atoms with Crippen molar-refractivity contribution < 1.29 is 18.8 Å². The van der Waals surface area contributed by atoms with Crippen LogP contribution in [-0.2, 0) is 16.1 Å². The number of amides is 3. The average Bonchev–Trinajstić information content (AvgIpc) is 3.79. The van der Waals surface area contributed by atoms with Gasteiger partial charge in [-0.2, -0.15) is 0 Å². The summed E-state index contributed by atoms with van der Waals surface area (Å²) in [5, 5.41) is 6.13. The summed E-state index contributed by atoms with van der Waals surface area (Å²) in [6, 6.07) is 27.8. The summed E-state index contributed by atoms with van der Waals surface area (Å²) in [6.45, 7) is 0.906. The van der Waals surface area contributed by atoms with Crippen LogP contribution >= 0.6 is 0 Å². The molecule has 1 heterocycles. The Kier molecular flexibility index (Phi) is 10.5. The highest BCUT2D eigenvalue weighted by Gasteiger charge is 2.41. The van der Waals surface area contributed by atoms with Crippen LogP contribution in [0.3, 0.4) is 0 Å². The minimum Gasteiger partial charge on any atom is -0.459 e. The summed E-state index contributed by atoms with van der Waals surface area (Å²) in [4.78, 5) is 42.6. The van der Waals surface area contributed by atoms with Gasteiger partial charge in [-0.25, -0.2) is 0 Å². The van der Waals surface area contributed by atoms with Gasteiger partial charge in [-0.05, 0) is 109 Å². The lowest BCUT2D eigenvalue weighted by Crippen LogP contribution is -2.49. The van der Waals surface area contributed by atoms with E-state index >= 15 is 0 Å². The molecule has 0 saturated heterocycles. The lowest BCUT2D eigenvalue weighted by atomic mass is 9.68. The van der Waals surface area contributed by atoms with E-state index in [-0.39, 0.29) is 41.5 Å². The standard InChI is InChI=1S/C42H48N4O4/c43-24-8-16-38(45-40(47)32-23-20-29(32)26-37-35-14-6-4-12-33(35)34-13-5-7-15-36(34)37)41(48)44-30-21-18-28(19-22-30)27-46(31-10-2-1-3-11-31)42(49)39-17-9-25-50-39/h4-7,9,12-15,17-19,21-22,25,29,31-32,37-38H,1-3,8,10-11,16,20,23-24,26-27,43H2,(H,44,48)(H,45,47)/t29?,32?,38-/m0/s1. The lowest BCUT2D eigenvalue weighted by molar-refractivity contribution is -0.133. The Morgan fingerprint density at radius 2 is 1.52 bits per heavy atom. The number of fused-ring (bicyclic) bond motifs is 3. The van der Waals surface area contributed by atoms with Crippen molar-refractivity contribution in [2.24, 2.45) is 17.6 Å². The summed E-state index contributed by atoms with van der Waals surface area (Å²) in [5.41, 5.74) is 12.7. The third-order valence-corrected chi connectivity index (χ3v) is 11.2. The molecule has 50 heavy (non-hydrogen) atoms. The molecule has 260 valence electrons. The second-order valence-electron chi connectivity index (χ2n) is 14.3. The minimum absolute atomic E-state index is 0.0441. The number of carbonyl (C=O) groups excluding carboxylic acids is 3. The monoisotopic (exact) mass is 672 g/mol. The molecule has 0 aliphatic heterocycles. The fourth-order valence-electron chi connectivity index (χ4n) is 8.30. The van der Waals surface area contributed by atoms with E-state index < -0.39 is 6.04 Å². The van der Waals surface area contributed by atoms with Gasteiger partial charge < -0.3 is 25.7 Å². The molecule has 4 aromatic rings. The van der Waals surface area contributed by atoms with Crippen molar-refractivity contribution in [2.75, 3.05) is 11.9 Å². The molecular formula is C42H48N4O4. The van der Waals surface area contributed by atoms with Crippen molar-refractivity contribution in [2.45, 2.75) is 88.8 Å². The predicted molar refractivity (Wildman–Crippen MR) is 195 cm³/mol. The summed E-state index contributed by atoms with van der Waals surface area (Å²) >= 11 is 0. The SMILES string of the molecule is NCCC[C@H](NC(=O)C1CCC1CC1c2ccccc2-c2ccccc21)C(=O)Nc1ccc(CN(C(=O)c2ccco2)C2CCCCC2)cc1. The fourth-order valence-corrected chi connectivity index (χ4v) is 8.30. The molecule has 0 spiro atoms. The molecule has 2 fully saturated rings. The molecule has 3 aliphatic rings. The van der Waals surface area contributed by atoms with Crippen molar-refractivity contribution in [1.29, 1.82) is 0 Å². The van der Waals surface area contributed by atoms with Gasteiger partial charge in [-0.1, -0.05) is 79.9 Å². The Bertz CT molecular complexity index is 1730. The largest absolute Gasteiger partial charge is 0.459 e. The topological polar surface area (TPSA) is 118 Å². The van der Waals surface area contributed by atoms with Gasteiger partial charge in [0.2, 0.25) is 11.8 Å². The second kappa shape index (κ2) is 15.5. The van der Waals surface area contributed by atoms with Gasteiger partial charge in [0.1, 0.15) is 6.04 Å². The van der Waals surface area contributed by atoms with Crippen LogP contribution in [0, 0.1) is 11.8 Å². The summed E-state index contributed by atoms with van der Waals surface area (Å²) in [6.07, 6.45) is 10.8. The summed E-state index contributed by atoms with van der Waals surface area (Å²) < 4.78 is 5.46. The number of furan rings is 1. The molecule has 8 nitrogen and oxygen atoms in total. The summed E-state index contributed by atoms with van der Waals surface area (Å²) in [7, 11) is 0. The number of nitrogens with one attached hydrogen (secondary N) is 2. The maximum atomic E-state index is 13.7. The van der Waals surface area contributed by atoms with E-state index in [4.69, 9.17) is 10.2 Å². The molecule has 0 radical (unpaired) electrons. The van der Waals surface area contributed by atoms with E-state index in [0.717, 1.165) is 50.5 Å². The van der Waals surface area contributed by atoms with Crippen LogP contribution in [0.2, 0.25) is 0 Å². The number of hydrogen-bond acceptors (Lipinski definition) is 5. The maximum Gasteiger partial charge on any atom is 0.290 e. The van der Waals surface area contributed by atoms with E-state index in [0.29, 0.717) is 37.4 Å². The van der Waals surface area contributed by atoms with Crippen LogP contribution < -0.4 is 16.4 Å². The fraction of sp³-hybridized carbons (Fsp3) is 0.405. The molecular weight excluding hydrogens is 624 g/mol. The predicted octanol–water partition coefficient (Wildman–Crippen LogP) is 7.65. The van der Waals surface area contributed by atoms with E-state index in [1.54, 1.807) is 12.1 Å². The van der Waals surface area contributed by atoms with Crippen LogP contribution in [0.1, 0.15) is 97.4 Å². The van der Waals surface area contributed by atoms with Gasteiger partial charge in [0.25, 0.3) is 5.91 Å². The molecule has 7 rings (SSSR count). The smallest absolute Gasteiger partial charge is 0.290 e. The first-order valence-electron chi connectivity index (χ1n) is 18.4. The van der Waals surface area contributed by atoms with Gasteiger partial charge >= 0.3 is 0 Å². The zero-order chi connectivity index (χ0) is 34.5. The van der Waals surface area contributed by atoms with Gasteiger partial charge in [0.15, 0.2) is 5.76 Å². The van der Waals surface area contributed by atoms with Crippen LogP contribution in [-0.4, -0.2) is 41.2 Å². The third kappa shape index (κ3) is 7.26. The highest BCUT2D eigenvalue weighted by molar-refractivity contribution is 5.97. The molecule has 0 bridgehead atoms. The van der Waals surface area contributed by atoms with E-state index in [1.807, 2.05) is 29.2 Å². The number of benzene rings is 3. The quantitative estimate of drug-likeness (QED) is 0.135. The van der Waals surface area contributed by atoms with E-state index in [1.165, 1.54) is 34.9 Å². The maximum absolute atomic E-state index is 13.7. The van der Waals surface area contributed by atoms with Gasteiger partial charge in [0.05, 0.1) is 6.26 Å². The molecule has 3 atom stereocenters. The Labute approximate surface area is 294 Å². The van der Waals surface area contributed by atoms with Crippen molar-refractivity contribution in [3.05, 3.63) is 114 Å². The third-order valence-electron chi connectivity index (χ3n) is 11.2. The zero-order valence-electron chi connectivity index (χ0n) is 28.7. The van der Waals surface area contributed by atoms with Gasteiger partial charge in [-0.3, -0.25) is 14.4 Å². The molecule has 4 N–H and O–H groups in total. The Morgan fingerprint density at radius 3 is 2.14 bits per heavy atom. The Hall–Kier alpha value is -4.69. The van der Waals surface area contributed by atoms with Crippen LogP contribution in [0.25, 0.3) is 11.1 Å². The molecule has 3 aliphatic carbocycles. The Morgan fingerprint density at radius 1 is 0.820 bits per heavy atom. The number of nitrogens with zero attached hydrogens (tertiary/aromatic N) is 1. The molecule has 8 heteroatoms. The normalized spacial score (nSPS) is 19.1. The second-order valence-corrected chi connectivity index (χ2v) is 14.3. The van der Waals surface area contributed by atoms with Crippen LogP contribution in [0.5, 0.6) is 0 Å². The first-order valence-corrected chi connectivity index (χ1v) is 18.4. The van der Waals surface area contributed by atoms with Gasteiger partial charge in [-0.15, -0.1) is 0 Å². The molecule has 3 aromatic carbocycles. The first-order chi connectivity index (χ1) is 24.5. The average molecular weight is 673 g/mol. The molecule has 3 amide bonds. The number of rotatable bonds is 13. The molecule has 1 aromatic heterocycles. The van der Waals surface area contributed by atoms with Crippen molar-refractivity contribution >= 4 is 23.4 Å². The zero-order valence-corrected chi connectivity index (χ0v) is 28.7. The Balaban J connectivity index is 0.978. The highest BCUT2D eigenvalue weighted by Crippen LogP contribution is 2.51. The molecule has 2 unspecified atom stereocenters. The van der Waals surface area contributed by atoms with Crippen molar-refractivity contribution in [1.82, 2.24) is 10.2 Å².